The number of nitrogens with zero attached hydrogens (tertiary/aromatic N) is 1. The van der Waals surface area contributed by atoms with Crippen molar-refractivity contribution < 1.29 is 23.1 Å². The first-order valence-electron chi connectivity index (χ1n) is 16.3. The zero-order chi connectivity index (χ0) is 30.6. The van der Waals surface area contributed by atoms with Crippen molar-refractivity contribution in [3.63, 3.8) is 0 Å². The van der Waals surface area contributed by atoms with Gasteiger partial charge in [-0.15, -0.1) is 0 Å². The number of amides is 1. The van der Waals surface area contributed by atoms with E-state index < -0.39 is 16.1 Å². The Morgan fingerprint density at radius 1 is 1.16 bits per heavy atom. The van der Waals surface area contributed by atoms with Crippen LogP contribution in [0.5, 0.6) is 0 Å². The number of aliphatic hydroxyl groups is 1. The Morgan fingerprint density at radius 2 is 1.95 bits per heavy atom. The van der Waals surface area contributed by atoms with Crippen LogP contribution in [0.2, 0.25) is 5.02 Å². The molecule has 3 heterocycles. The molecular formula is C32H51ClN4O5S. The average molecular weight is 639 g/mol. The number of aliphatic hydroxyl groups excluding tert-OH is 1. The van der Waals surface area contributed by atoms with Crippen LogP contribution >= 0.6 is 11.6 Å². The number of hydrogen-bond donors (Lipinski definition) is 4. The second-order valence-electron chi connectivity index (χ2n) is 13.8. The lowest BCUT2D eigenvalue weighted by atomic mass is 9.73. The van der Waals surface area contributed by atoms with Gasteiger partial charge in [0, 0.05) is 55.3 Å². The number of piperazine rings is 1. The molecule has 1 aromatic rings. The van der Waals surface area contributed by atoms with Crippen molar-refractivity contribution in [3.8, 4) is 0 Å². The Kier molecular flexibility index (Phi) is 11.1. The number of carbonyl (C=O) groups is 1. The van der Waals surface area contributed by atoms with E-state index in [0.717, 1.165) is 56.9 Å². The van der Waals surface area contributed by atoms with Crippen molar-refractivity contribution >= 4 is 27.5 Å². The minimum atomic E-state index is -3.22. The lowest BCUT2D eigenvalue weighted by Crippen LogP contribution is -2.57. The molecule has 3 aliphatic heterocycles. The van der Waals surface area contributed by atoms with Crippen LogP contribution in [0.4, 0.5) is 0 Å². The predicted octanol–water partition coefficient (Wildman–Crippen LogP) is 3.41. The second-order valence-corrected chi connectivity index (χ2v) is 16.2. The molecule has 5 rings (SSSR count). The maximum Gasteiger partial charge on any atom is 0.238 e. The largest absolute Gasteiger partial charge is 0.395 e. The summed E-state index contributed by atoms with van der Waals surface area (Å²) in [7, 11) is -3.22. The van der Waals surface area contributed by atoms with Gasteiger partial charge in [-0.1, -0.05) is 30.2 Å². The van der Waals surface area contributed by atoms with Gasteiger partial charge in [-0.25, -0.2) is 8.42 Å². The van der Waals surface area contributed by atoms with Crippen LogP contribution in [0.25, 0.3) is 0 Å². The minimum Gasteiger partial charge on any atom is -0.395 e. The van der Waals surface area contributed by atoms with Crippen molar-refractivity contribution in [3.05, 3.63) is 34.9 Å². The molecule has 0 spiro atoms. The Bertz CT molecular complexity index is 1180. The highest BCUT2D eigenvalue weighted by atomic mass is 35.5. The Labute approximate surface area is 262 Å². The third kappa shape index (κ3) is 8.31. The fraction of sp³-hybridized carbons (Fsp3) is 0.781. The topological polar surface area (TPSA) is 120 Å². The molecule has 1 amide bonds. The molecule has 9 nitrogen and oxygen atoms in total. The molecule has 0 aromatic heterocycles. The first kappa shape index (κ1) is 33.1. The molecule has 3 saturated heterocycles. The maximum absolute atomic E-state index is 14.2. The lowest BCUT2D eigenvalue weighted by molar-refractivity contribution is -0.126. The summed E-state index contributed by atoms with van der Waals surface area (Å²) in [6, 6.07) is 7.57. The SMILES string of the molecule is CC1(C)CC(C(c2ccc(Cl)cc2)C(NCCO)C(=O)NC2CCCC2CCC2CNC3CCCS(=O)(=O)N2C3)CCO1. The van der Waals surface area contributed by atoms with Gasteiger partial charge < -0.3 is 25.8 Å². The quantitative estimate of drug-likeness (QED) is 0.293. The lowest BCUT2D eigenvalue weighted by Gasteiger charge is -2.42. The highest BCUT2D eigenvalue weighted by Gasteiger charge is 2.42. The summed E-state index contributed by atoms with van der Waals surface area (Å²) in [5, 5.41) is 20.8. The highest BCUT2D eigenvalue weighted by molar-refractivity contribution is 7.89. The van der Waals surface area contributed by atoms with E-state index in [0.29, 0.717) is 43.6 Å². The summed E-state index contributed by atoms with van der Waals surface area (Å²) in [6.07, 6.45) is 7.99. The van der Waals surface area contributed by atoms with E-state index in [1.54, 1.807) is 4.31 Å². The summed E-state index contributed by atoms with van der Waals surface area (Å²) in [4.78, 5) is 14.2. The van der Waals surface area contributed by atoms with E-state index in [1.807, 2.05) is 24.3 Å². The van der Waals surface area contributed by atoms with Crippen LogP contribution in [0.1, 0.15) is 83.1 Å². The van der Waals surface area contributed by atoms with Gasteiger partial charge >= 0.3 is 0 Å². The number of sulfonamides is 1. The van der Waals surface area contributed by atoms with Crippen molar-refractivity contribution in [1.82, 2.24) is 20.3 Å². The molecule has 1 aromatic carbocycles. The number of benzene rings is 1. The van der Waals surface area contributed by atoms with Crippen LogP contribution in [0, 0.1) is 11.8 Å². The Morgan fingerprint density at radius 3 is 2.70 bits per heavy atom. The van der Waals surface area contributed by atoms with Gasteiger partial charge in [0.2, 0.25) is 15.9 Å². The van der Waals surface area contributed by atoms with E-state index >= 15 is 0 Å². The first-order valence-corrected chi connectivity index (χ1v) is 18.3. The van der Waals surface area contributed by atoms with Crippen LogP contribution in [-0.2, 0) is 19.6 Å². The highest BCUT2D eigenvalue weighted by Crippen LogP contribution is 2.41. The van der Waals surface area contributed by atoms with Gasteiger partial charge in [-0.05, 0) is 94.7 Å². The first-order chi connectivity index (χ1) is 20.6. The monoisotopic (exact) mass is 638 g/mol. The molecule has 4 fully saturated rings. The molecule has 242 valence electrons. The van der Waals surface area contributed by atoms with E-state index in [-0.39, 0.29) is 53.8 Å². The number of fused-ring (bicyclic) bond motifs is 2. The van der Waals surface area contributed by atoms with Gasteiger partial charge in [0.15, 0.2) is 0 Å². The Balaban J connectivity index is 1.30. The van der Waals surface area contributed by atoms with Gasteiger partial charge in [0.1, 0.15) is 0 Å². The van der Waals surface area contributed by atoms with Crippen LogP contribution < -0.4 is 16.0 Å². The van der Waals surface area contributed by atoms with Crippen molar-refractivity contribution in [2.24, 2.45) is 11.8 Å². The molecule has 2 bridgehead atoms. The van der Waals surface area contributed by atoms with Gasteiger partial charge in [0.05, 0.1) is 24.0 Å². The van der Waals surface area contributed by atoms with Gasteiger partial charge in [-0.2, -0.15) is 4.31 Å². The molecule has 0 radical (unpaired) electrons. The molecule has 4 N–H and O–H groups in total. The summed E-state index contributed by atoms with van der Waals surface area (Å²) in [5.74, 6) is 0.619. The molecule has 43 heavy (non-hydrogen) atoms. The number of nitrogens with one attached hydrogen (secondary N) is 3. The number of rotatable bonds is 11. The molecule has 1 saturated carbocycles. The summed E-state index contributed by atoms with van der Waals surface area (Å²) in [5.41, 5.74) is 0.777. The van der Waals surface area contributed by atoms with Crippen molar-refractivity contribution in [1.29, 1.82) is 0 Å². The standard InChI is InChI=1S/C32H51ClN4O5S/c1-32(2)19-24(14-17-42-32)29(23-8-11-25(33)12-9-23)30(34-15-16-38)31(39)36-28-7-3-5-22(28)10-13-27-20-35-26-6-4-18-43(40,41)37(27)21-26/h8-9,11-12,22,24,26-30,34-35,38H,3-7,10,13-21H2,1-2H3,(H,36,39). The van der Waals surface area contributed by atoms with Crippen LogP contribution in [0.3, 0.4) is 0 Å². The average Bonchev–Trinajstić information content (AvgIpc) is 3.36. The van der Waals surface area contributed by atoms with E-state index in [4.69, 9.17) is 16.3 Å². The minimum absolute atomic E-state index is 0.0265. The fourth-order valence-corrected chi connectivity index (χ4v) is 10.0. The molecule has 11 heteroatoms. The fourth-order valence-electron chi connectivity index (χ4n) is 8.11. The van der Waals surface area contributed by atoms with E-state index in [9.17, 15) is 18.3 Å². The number of hydrogen-bond acceptors (Lipinski definition) is 7. The predicted molar refractivity (Wildman–Crippen MR) is 170 cm³/mol. The molecule has 4 aliphatic rings. The molecule has 8 atom stereocenters. The molecule has 8 unspecified atom stereocenters. The van der Waals surface area contributed by atoms with E-state index in [2.05, 4.69) is 29.8 Å². The zero-order valence-electron chi connectivity index (χ0n) is 25.8. The number of carbonyl (C=O) groups excluding carboxylic acids is 1. The van der Waals surface area contributed by atoms with Crippen LogP contribution in [0.15, 0.2) is 24.3 Å². The van der Waals surface area contributed by atoms with Crippen LogP contribution in [-0.4, -0.2) is 92.1 Å². The van der Waals surface area contributed by atoms with Gasteiger partial charge in [0.25, 0.3) is 0 Å². The summed E-state index contributed by atoms with van der Waals surface area (Å²) >= 11 is 6.25. The number of ether oxygens (including phenoxy) is 1. The van der Waals surface area contributed by atoms with Crippen molar-refractivity contribution in [2.75, 3.05) is 38.6 Å². The van der Waals surface area contributed by atoms with Gasteiger partial charge in [-0.3, -0.25) is 4.79 Å². The Hall–Kier alpha value is -1.27. The third-order valence-electron chi connectivity index (χ3n) is 10.2. The maximum atomic E-state index is 14.2. The molecular weight excluding hydrogens is 588 g/mol. The summed E-state index contributed by atoms with van der Waals surface area (Å²) < 4.78 is 33.7. The zero-order valence-corrected chi connectivity index (χ0v) is 27.3. The number of halogens is 1. The normalized spacial score (nSPS) is 33.3. The summed E-state index contributed by atoms with van der Waals surface area (Å²) in [6.45, 7) is 6.40. The third-order valence-corrected chi connectivity index (χ3v) is 12.5. The smallest absolute Gasteiger partial charge is 0.238 e. The van der Waals surface area contributed by atoms with E-state index in [1.165, 1.54) is 0 Å². The van der Waals surface area contributed by atoms with Crippen molar-refractivity contribution in [2.45, 2.75) is 107 Å². The second kappa shape index (κ2) is 14.4. The molecule has 1 aliphatic carbocycles.